The number of aromatic nitrogens is 1. The molecule has 0 aromatic carbocycles. The molecule has 20 heavy (non-hydrogen) atoms. The zero-order valence-corrected chi connectivity index (χ0v) is 12.2. The maximum absolute atomic E-state index is 10.2. The Morgan fingerprint density at radius 2 is 2.30 bits per heavy atom. The van der Waals surface area contributed by atoms with Crippen molar-refractivity contribution in [2.24, 2.45) is 5.92 Å². The van der Waals surface area contributed by atoms with Crippen LogP contribution in [0.5, 0.6) is 0 Å². The van der Waals surface area contributed by atoms with Gasteiger partial charge >= 0.3 is 0 Å². The van der Waals surface area contributed by atoms with Crippen molar-refractivity contribution in [1.29, 1.82) is 0 Å². The SMILES string of the molecule is Cc1cncc(CN2CCOC[C@@H]2[C@@H]2CCC[C@@H]2O)c1. The van der Waals surface area contributed by atoms with Crippen LogP contribution >= 0.6 is 0 Å². The van der Waals surface area contributed by atoms with Crippen LogP contribution in [0.1, 0.15) is 30.4 Å². The zero-order chi connectivity index (χ0) is 13.9. The highest BCUT2D eigenvalue weighted by Gasteiger charge is 2.37. The van der Waals surface area contributed by atoms with Gasteiger partial charge in [-0.2, -0.15) is 0 Å². The molecule has 1 saturated heterocycles. The van der Waals surface area contributed by atoms with E-state index < -0.39 is 0 Å². The highest BCUT2D eigenvalue weighted by Crippen LogP contribution is 2.32. The van der Waals surface area contributed by atoms with E-state index in [0.29, 0.717) is 12.0 Å². The summed E-state index contributed by atoms with van der Waals surface area (Å²) in [7, 11) is 0. The third kappa shape index (κ3) is 3.03. The standard InChI is InChI=1S/C16H24N2O2/c1-12-7-13(9-17-8-12)10-18-5-6-20-11-15(18)14-3-2-4-16(14)19/h7-9,14-16,19H,2-6,10-11H2,1H3/t14-,15+,16-/m0/s1. The molecule has 4 nitrogen and oxygen atoms in total. The van der Waals surface area contributed by atoms with Crippen molar-refractivity contribution >= 4 is 0 Å². The van der Waals surface area contributed by atoms with Gasteiger partial charge in [0, 0.05) is 37.4 Å². The van der Waals surface area contributed by atoms with Gasteiger partial charge in [-0.15, -0.1) is 0 Å². The van der Waals surface area contributed by atoms with Crippen LogP contribution in [0.2, 0.25) is 0 Å². The van der Waals surface area contributed by atoms with Crippen LogP contribution in [0.15, 0.2) is 18.5 Å². The molecule has 1 aliphatic carbocycles. The summed E-state index contributed by atoms with van der Waals surface area (Å²) in [6.07, 6.45) is 6.90. The summed E-state index contributed by atoms with van der Waals surface area (Å²) < 4.78 is 5.67. The minimum Gasteiger partial charge on any atom is -0.393 e. The minimum absolute atomic E-state index is 0.153. The quantitative estimate of drug-likeness (QED) is 0.913. The lowest BCUT2D eigenvalue weighted by atomic mass is 9.94. The number of hydrogen-bond acceptors (Lipinski definition) is 4. The van der Waals surface area contributed by atoms with Crippen molar-refractivity contribution in [2.75, 3.05) is 19.8 Å². The van der Waals surface area contributed by atoms with Gasteiger partial charge in [0.2, 0.25) is 0 Å². The Kier molecular flexibility index (Phi) is 4.34. The molecule has 4 heteroatoms. The average Bonchev–Trinajstić information content (AvgIpc) is 2.86. The fourth-order valence-corrected chi connectivity index (χ4v) is 3.60. The first-order valence-electron chi connectivity index (χ1n) is 7.64. The van der Waals surface area contributed by atoms with Crippen LogP contribution < -0.4 is 0 Å². The highest BCUT2D eigenvalue weighted by molar-refractivity contribution is 5.16. The second kappa shape index (κ2) is 6.20. The summed E-state index contributed by atoms with van der Waals surface area (Å²) in [6.45, 7) is 5.47. The fraction of sp³-hybridized carbons (Fsp3) is 0.688. The molecular weight excluding hydrogens is 252 g/mol. The number of hydrogen-bond donors (Lipinski definition) is 1. The number of pyridine rings is 1. The van der Waals surface area contributed by atoms with Crippen LogP contribution in [0, 0.1) is 12.8 Å². The summed E-state index contributed by atoms with van der Waals surface area (Å²) in [4.78, 5) is 6.75. The van der Waals surface area contributed by atoms with Gasteiger partial charge in [-0.1, -0.05) is 12.5 Å². The second-order valence-corrected chi connectivity index (χ2v) is 6.15. The molecule has 1 aromatic rings. The number of nitrogens with zero attached hydrogens (tertiary/aromatic N) is 2. The Labute approximate surface area is 120 Å². The third-order valence-corrected chi connectivity index (χ3v) is 4.62. The second-order valence-electron chi connectivity index (χ2n) is 6.15. The summed E-state index contributed by atoms with van der Waals surface area (Å²) in [5.74, 6) is 0.369. The fourth-order valence-electron chi connectivity index (χ4n) is 3.60. The van der Waals surface area contributed by atoms with E-state index in [9.17, 15) is 5.11 Å². The molecule has 0 unspecified atom stereocenters. The maximum atomic E-state index is 10.2. The molecule has 0 bridgehead atoms. The van der Waals surface area contributed by atoms with Gasteiger partial charge in [0.15, 0.2) is 0 Å². The zero-order valence-electron chi connectivity index (χ0n) is 12.2. The number of aliphatic hydroxyl groups is 1. The van der Waals surface area contributed by atoms with E-state index >= 15 is 0 Å². The van der Waals surface area contributed by atoms with Crippen LogP contribution in [0.4, 0.5) is 0 Å². The molecule has 1 N–H and O–H groups in total. The van der Waals surface area contributed by atoms with Crippen molar-refractivity contribution in [1.82, 2.24) is 9.88 Å². The van der Waals surface area contributed by atoms with Gasteiger partial charge in [-0.3, -0.25) is 9.88 Å². The number of aryl methyl sites for hydroxylation is 1. The Hall–Kier alpha value is -0.970. The van der Waals surface area contributed by atoms with Crippen LogP contribution in [-0.2, 0) is 11.3 Å². The third-order valence-electron chi connectivity index (χ3n) is 4.62. The first kappa shape index (κ1) is 14.0. The smallest absolute Gasteiger partial charge is 0.0626 e. The Morgan fingerprint density at radius 1 is 1.40 bits per heavy atom. The minimum atomic E-state index is -0.153. The molecule has 2 heterocycles. The molecule has 0 spiro atoms. The van der Waals surface area contributed by atoms with E-state index in [2.05, 4.69) is 22.9 Å². The number of rotatable bonds is 3. The Bertz CT molecular complexity index is 452. The monoisotopic (exact) mass is 276 g/mol. The predicted molar refractivity (Wildman–Crippen MR) is 77.3 cm³/mol. The lowest BCUT2D eigenvalue weighted by Gasteiger charge is -2.40. The lowest BCUT2D eigenvalue weighted by molar-refractivity contribution is -0.0536. The Balaban J connectivity index is 1.72. The predicted octanol–water partition coefficient (Wildman–Crippen LogP) is 1.75. The van der Waals surface area contributed by atoms with Gasteiger partial charge < -0.3 is 9.84 Å². The van der Waals surface area contributed by atoms with Crippen molar-refractivity contribution in [3.05, 3.63) is 29.6 Å². The lowest BCUT2D eigenvalue weighted by Crippen LogP contribution is -2.50. The van der Waals surface area contributed by atoms with Crippen molar-refractivity contribution in [3.63, 3.8) is 0 Å². The number of ether oxygens (including phenoxy) is 1. The van der Waals surface area contributed by atoms with Crippen LogP contribution in [0.3, 0.4) is 0 Å². The molecule has 0 amide bonds. The maximum Gasteiger partial charge on any atom is 0.0626 e. The van der Waals surface area contributed by atoms with E-state index in [4.69, 9.17) is 4.74 Å². The molecule has 1 aliphatic heterocycles. The summed E-state index contributed by atoms with van der Waals surface area (Å²) in [5.41, 5.74) is 2.46. The first-order chi connectivity index (χ1) is 9.74. The molecule has 3 atom stereocenters. The van der Waals surface area contributed by atoms with Gasteiger partial charge in [0.1, 0.15) is 0 Å². The Morgan fingerprint density at radius 3 is 3.05 bits per heavy atom. The molecule has 1 saturated carbocycles. The van der Waals surface area contributed by atoms with Gasteiger partial charge in [0.05, 0.1) is 19.3 Å². The summed E-state index contributed by atoms with van der Waals surface area (Å²) in [5, 5.41) is 10.2. The molecule has 3 rings (SSSR count). The van der Waals surface area contributed by atoms with E-state index in [1.807, 2.05) is 12.4 Å². The molecule has 2 aliphatic rings. The van der Waals surface area contributed by atoms with Crippen molar-refractivity contribution in [2.45, 2.75) is 44.9 Å². The van der Waals surface area contributed by atoms with Crippen molar-refractivity contribution in [3.8, 4) is 0 Å². The molecule has 2 fully saturated rings. The molecule has 0 radical (unpaired) electrons. The van der Waals surface area contributed by atoms with Crippen molar-refractivity contribution < 1.29 is 9.84 Å². The van der Waals surface area contributed by atoms with E-state index in [-0.39, 0.29) is 6.10 Å². The normalized spacial score (nSPS) is 31.6. The largest absolute Gasteiger partial charge is 0.393 e. The molecule has 110 valence electrons. The number of morpholine rings is 1. The molecular formula is C16H24N2O2. The van der Waals surface area contributed by atoms with E-state index in [1.54, 1.807) is 0 Å². The first-order valence-corrected chi connectivity index (χ1v) is 7.64. The van der Waals surface area contributed by atoms with Gasteiger partial charge in [-0.05, 0) is 30.9 Å². The summed E-state index contributed by atoms with van der Waals surface area (Å²) >= 11 is 0. The van der Waals surface area contributed by atoms with E-state index in [1.165, 1.54) is 11.1 Å². The van der Waals surface area contributed by atoms with E-state index in [0.717, 1.165) is 45.6 Å². The highest BCUT2D eigenvalue weighted by atomic mass is 16.5. The van der Waals surface area contributed by atoms with Gasteiger partial charge in [0.25, 0.3) is 0 Å². The summed E-state index contributed by atoms with van der Waals surface area (Å²) in [6, 6.07) is 2.55. The average molecular weight is 276 g/mol. The topological polar surface area (TPSA) is 45.6 Å². The van der Waals surface area contributed by atoms with Crippen LogP contribution in [0.25, 0.3) is 0 Å². The number of aliphatic hydroxyl groups excluding tert-OH is 1. The molecule has 1 aromatic heterocycles. The van der Waals surface area contributed by atoms with Gasteiger partial charge in [-0.25, -0.2) is 0 Å². The van der Waals surface area contributed by atoms with Crippen LogP contribution in [-0.4, -0.2) is 46.9 Å².